The van der Waals surface area contributed by atoms with Gasteiger partial charge < -0.3 is 5.32 Å². The van der Waals surface area contributed by atoms with E-state index in [1.165, 1.54) is 31.2 Å². The molecule has 0 amide bonds. The Morgan fingerprint density at radius 2 is 2.21 bits per heavy atom. The van der Waals surface area contributed by atoms with Gasteiger partial charge >= 0.3 is 0 Å². The Hall–Kier alpha value is -0.890. The van der Waals surface area contributed by atoms with Crippen LogP contribution in [0, 0.1) is 0 Å². The van der Waals surface area contributed by atoms with E-state index in [-0.39, 0.29) is 0 Å². The molecule has 1 aliphatic carbocycles. The highest BCUT2D eigenvalue weighted by molar-refractivity contribution is 5.13. The molecule has 1 atom stereocenters. The van der Waals surface area contributed by atoms with Gasteiger partial charge in [-0.25, -0.2) is 0 Å². The second kappa shape index (κ2) is 4.56. The summed E-state index contributed by atoms with van der Waals surface area (Å²) in [6, 6.07) is 5.30. The monoisotopic (exact) mass is 190 g/mol. The van der Waals surface area contributed by atoms with Crippen LogP contribution < -0.4 is 5.32 Å². The molecule has 2 nitrogen and oxygen atoms in total. The van der Waals surface area contributed by atoms with Crippen LogP contribution in [0.25, 0.3) is 0 Å². The maximum Gasteiger partial charge on any atom is 0.0315 e. The standard InChI is InChI=1S/C12H18N2/c1-10(11-5-4-8-13-9-11)14-12-6-2-3-7-12/h4-5,8-10,12,14H,2-3,6-7H2,1H3/t10-/m0/s1. The smallest absolute Gasteiger partial charge is 0.0315 e. The highest BCUT2D eigenvalue weighted by atomic mass is 14.9. The topological polar surface area (TPSA) is 24.9 Å². The summed E-state index contributed by atoms with van der Waals surface area (Å²) >= 11 is 0. The molecule has 1 heterocycles. The van der Waals surface area contributed by atoms with E-state index in [4.69, 9.17) is 0 Å². The fourth-order valence-electron chi connectivity index (χ4n) is 2.17. The Balaban J connectivity index is 1.92. The van der Waals surface area contributed by atoms with Crippen molar-refractivity contribution in [3.8, 4) is 0 Å². The van der Waals surface area contributed by atoms with Gasteiger partial charge in [-0.3, -0.25) is 4.98 Å². The Morgan fingerprint density at radius 1 is 1.43 bits per heavy atom. The van der Waals surface area contributed by atoms with Crippen LogP contribution in [0.5, 0.6) is 0 Å². The van der Waals surface area contributed by atoms with E-state index in [0.29, 0.717) is 6.04 Å². The lowest BCUT2D eigenvalue weighted by atomic mass is 10.1. The van der Waals surface area contributed by atoms with E-state index in [9.17, 15) is 0 Å². The SMILES string of the molecule is C[C@H](NC1CCCC1)c1cccnc1. The van der Waals surface area contributed by atoms with Crippen LogP contribution in [0.4, 0.5) is 0 Å². The normalized spacial score (nSPS) is 19.8. The Morgan fingerprint density at radius 3 is 2.86 bits per heavy atom. The molecule has 1 aliphatic rings. The fourth-order valence-corrected chi connectivity index (χ4v) is 2.17. The van der Waals surface area contributed by atoms with Crippen molar-refractivity contribution in [3.05, 3.63) is 30.1 Å². The van der Waals surface area contributed by atoms with Crippen molar-refractivity contribution in [2.75, 3.05) is 0 Å². The molecule has 0 saturated heterocycles. The third kappa shape index (κ3) is 2.32. The summed E-state index contributed by atoms with van der Waals surface area (Å²) in [5.74, 6) is 0. The van der Waals surface area contributed by atoms with E-state index < -0.39 is 0 Å². The van der Waals surface area contributed by atoms with Gasteiger partial charge in [-0.1, -0.05) is 18.9 Å². The van der Waals surface area contributed by atoms with Gasteiger partial charge in [0.1, 0.15) is 0 Å². The average Bonchev–Trinajstić information content (AvgIpc) is 2.72. The minimum Gasteiger partial charge on any atom is -0.307 e. The first-order valence-electron chi connectivity index (χ1n) is 5.52. The lowest BCUT2D eigenvalue weighted by molar-refractivity contribution is 0.460. The summed E-state index contributed by atoms with van der Waals surface area (Å²) in [5, 5.41) is 3.66. The fraction of sp³-hybridized carbons (Fsp3) is 0.583. The molecule has 1 N–H and O–H groups in total. The molecule has 1 fully saturated rings. The zero-order valence-corrected chi connectivity index (χ0v) is 8.74. The molecular formula is C12H18N2. The average molecular weight is 190 g/mol. The lowest BCUT2D eigenvalue weighted by Crippen LogP contribution is -2.28. The summed E-state index contributed by atoms with van der Waals surface area (Å²) in [5.41, 5.74) is 1.29. The first-order chi connectivity index (χ1) is 6.86. The van der Waals surface area contributed by atoms with E-state index >= 15 is 0 Å². The van der Waals surface area contributed by atoms with Gasteiger partial charge in [-0.2, -0.15) is 0 Å². The predicted molar refractivity (Wildman–Crippen MR) is 58.0 cm³/mol. The minimum absolute atomic E-state index is 0.437. The van der Waals surface area contributed by atoms with Crippen LogP contribution in [-0.4, -0.2) is 11.0 Å². The largest absolute Gasteiger partial charge is 0.307 e. The van der Waals surface area contributed by atoms with Gasteiger partial charge in [0.15, 0.2) is 0 Å². The van der Waals surface area contributed by atoms with Crippen LogP contribution in [0.1, 0.15) is 44.2 Å². The van der Waals surface area contributed by atoms with Gasteiger partial charge in [-0.15, -0.1) is 0 Å². The highest BCUT2D eigenvalue weighted by Gasteiger charge is 2.17. The molecular weight excluding hydrogens is 172 g/mol. The molecule has 1 saturated carbocycles. The molecule has 1 aromatic rings. The second-order valence-corrected chi connectivity index (χ2v) is 4.16. The van der Waals surface area contributed by atoms with Gasteiger partial charge in [0.2, 0.25) is 0 Å². The molecule has 2 heteroatoms. The summed E-state index contributed by atoms with van der Waals surface area (Å²) in [7, 11) is 0. The molecule has 0 bridgehead atoms. The van der Waals surface area contributed by atoms with Crippen molar-refractivity contribution >= 4 is 0 Å². The summed E-state index contributed by atoms with van der Waals surface area (Å²) in [6.07, 6.45) is 9.22. The zero-order valence-electron chi connectivity index (χ0n) is 8.74. The van der Waals surface area contributed by atoms with Crippen molar-refractivity contribution in [2.45, 2.75) is 44.7 Å². The highest BCUT2D eigenvalue weighted by Crippen LogP contribution is 2.21. The maximum atomic E-state index is 4.14. The van der Waals surface area contributed by atoms with E-state index in [1.807, 2.05) is 18.5 Å². The van der Waals surface area contributed by atoms with Crippen molar-refractivity contribution in [1.29, 1.82) is 0 Å². The third-order valence-corrected chi connectivity index (χ3v) is 3.03. The Labute approximate surface area is 85.7 Å². The molecule has 0 radical (unpaired) electrons. The Kier molecular flexibility index (Phi) is 3.14. The first-order valence-corrected chi connectivity index (χ1v) is 5.52. The Bertz CT molecular complexity index is 265. The van der Waals surface area contributed by atoms with Gasteiger partial charge in [0, 0.05) is 24.5 Å². The molecule has 2 rings (SSSR count). The van der Waals surface area contributed by atoms with Crippen LogP contribution >= 0.6 is 0 Å². The number of nitrogens with one attached hydrogen (secondary N) is 1. The number of aromatic nitrogens is 1. The first kappa shape index (κ1) is 9.66. The number of rotatable bonds is 3. The van der Waals surface area contributed by atoms with Crippen LogP contribution in [0.15, 0.2) is 24.5 Å². The zero-order chi connectivity index (χ0) is 9.80. The number of hydrogen-bond acceptors (Lipinski definition) is 2. The molecule has 76 valence electrons. The predicted octanol–water partition coefficient (Wildman–Crippen LogP) is 2.67. The summed E-state index contributed by atoms with van der Waals surface area (Å²) < 4.78 is 0. The molecule has 0 aromatic carbocycles. The van der Waals surface area contributed by atoms with Gasteiger partial charge in [0.05, 0.1) is 0 Å². The van der Waals surface area contributed by atoms with E-state index in [1.54, 1.807) is 0 Å². The van der Waals surface area contributed by atoms with Crippen LogP contribution in [0.3, 0.4) is 0 Å². The van der Waals surface area contributed by atoms with Gasteiger partial charge in [-0.05, 0) is 31.4 Å². The summed E-state index contributed by atoms with van der Waals surface area (Å²) in [4.78, 5) is 4.14. The third-order valence-electron chi connectivity index (χ3n) is 3.03. The molecule has 14 heavy (non-hydrogen) atoms. The number of pyridine rings is 1. The molecule has 0 aliphatic heterocycles. The van der Waals surface area contributed by atoms with E-state index in [2.05, 4.69) is 23.3 Å². The number of hydrogen-bond donors (Lipinski definition) is 1. The molecule has 0 unspecified atom stereocenters. The number of nitrogens with zero attached hydrogens (tertiary/aromatic N) is 1. The van der Waals surface area contributed by atoms with Crippen LogP contribution in [0.2, 0.25) is 0 Å². The van der Waals surface area contributed by atoms with Crippen molar-refractivity contribution in [1.82, 2.24) is 10.3 Å². The van der Waals surface area contributed by atoms with Crippen LogP contribution in [-0.2, 0) is 0 Å². The quantitative estimate of drug-likeness (QED) is 0.792. The van der Waals surface area contributed by atoms with Gasteiger partial charge in [0.25, 0.3) is 0 Å². The minimum atomic E-state index is 0.437. The van der Waals surface area contributed by atoms with E-state index in [0.717, 1.165) is 6.04 Å². The maximum absolute atomic E-state index is 4.14. The second-order valence-electron chi connectivity index (χ2n) is 4.16. The van der Waals surface area contributed by atoms with Crippen molar-refractivity contribution in [3.63, 3.8) is 0 Å². The summed E-state index contributed by atoms with van der Waals surface area (Å²) in [6.45, 7) is 2.22. The molecule has 1 aromatic heterocycles. The van der Waals surface area contributed by atoms with Crippen molar-refractivity contribution in [2.24, 2.45) is 0 Å². The van der Waals surface area contributed by atoms with Crippen molar-refractivity contribution < 1.29 is 0 Å². The molecule has 0 spiro atoms. The lowest BCUT2D eigenvalue weighted by Gasteiger charge is -2.18.